The number of aromatic nitrogens is 2. The van der Waals surface area contributed by atoms with E-state index in [1.165, 1.54) is 0 Å². The molecule has 2 aromatic carbocycles. The van der Waals surface area contributed by atoms with Crippen molar-refractivity contribution in [3.63, 3.8) is 0 Å². The molecule has 0 saturated heterocycles. The first-order chi connectivity index (χ1) is 12.8. The van der Waals surface area contributed by atoms with E-state index >= 15 is 0 Å². The number of benzene rings is 2. The van der Waals surface area contributed by atoms with Crippen LogP contribution in [-0.2, 0) is 11.3 Å². The second kappa shape index (κ2) is 5.74. The molecule has 4 aromatic rings. The lowest BCUT2D eigenvalue weighted by atomic mass is 10.1. The van der Waals surface area contributed by atoms with Gasteiger partial charge in [-0.2, -0.15) is 5.10 Å². The van der Waals surface area contributed by atoms with Crippen LogP contribution in [0.15, 0.2) is 72.0 Å². The van der Waals surface area contributed by atoms with E-state index in [0.29, 0.717) is 0 Å². The number of rotatable bonds is 2. The highest BCUT2D eigenvalue weighted by Crippen LogP contribution is 2.19. The molecule has 0 radical (unpaired) electrons. The maximum absolute atomic E-state index is 11.9. The van der Waals surface area contributed by atoms with Gasteiger partial charge in [0.15, 0.2) is 5.49 Å². The average Bonchev–Trinajstić information content (AvgIpc) is 3.24. The van der Waals surface area contributed by atoms with Gasteiger partial charge in [0, 0.05) is 27.9 Å². The molecule has 2 N–H and O–H groups in total. The maximum Gasteiger partial charge on any atom is 0.260 e. The Kier molecular flexibility index (Phi) is 3.25. The molecule has 1 aliphatic heterocycles. The molecular weight excluding hydrogens is 324 g/mol. The van der Waals surface area contributed by atoms with E-state index in [1.807, 2.05) is 53.2 Å². The van der Waals surface area contributed by atoms with E-state index < -0.39 is 0 Å². The number of hydrogen-bond acceptors (Lipinski definition) is 2. The minimum atomic E-state index is -0.107. The molecular formula is C21H16N4O. The van der Waals surface area contributed by atoms with Crippen LogP contribution in [0.4, 0.5) is 0 Å². The van der Waals surface area contributed by atoms with Gasteiger partial charge in [0.2, 0.25) is 0 Å². The van der Waals surface area contributed by atoms with Gasteiger partial charge in [-0.3, -0.25) is 4.79 Å². The second-order valence-corrected chi connectivity index (χ2v) is 6.34. The number of carbonyl (C=O) groups excluding carboxylic acids is 1. The van der Waals surface area contributed by atoms with Crippen molar-refractivity contribution in [2.45, 2.75) is 6.54 Å². The van der Waals surface area contributed by atoms with Crippen LogP contribution < -0.4 is 16.1 Å². The molecule has 2 aromatic heterocycles. The minimum absolute atomic E-state index is 0.107. The van der Waals surface area contributed by atoms with E-state index in [1.54, 1.807) is 0 Å². The van der Waals surface area contributed by atoms with Gasteiger partial charge >= 0.3 is 0 Å². The fourth-order valence-corrected chi connectivity index (χ4v) is 3.47. The molecule has 0 bridgehead atoms. The largest absolute Gasteiger partial charge is 0.361 e. The van der Waals surface area contributed by atoms with Crippen molar-refractivity contribution in [2.75, 3.05) is 0 Å². The smallest absolute Gasteiger partial charge is 0.260 e. The van der Waals surface area contributed by atoms with Crippen molar-refractivity contribution >= 4 is 22.9 Å². The van der Waals surface area contributed by atoms with Gasteiger partial charge in [-0.1, -0.05) is 48.5 Å². The van der Waals surface area contributed by atoms with Crippen molar-refractivity contribution in [3.8, 4) is 11.3 Å². The molecule has 3 heterocycles. The highest BCUT2D eigenvalue weighted by atomic mass is 16.2. The topological polar surface area (TPSA) is 62.2 Å². The van der Waals surface area contributed by atoms with Crippen LogP contribution in [0, 0.1) is 0 Å². The highest BCUT2D eigenvalue weighted by Gasteiger charge is 2.16. The summed E-state index contributed by atoms with van der Waals surface area (Å²) in [5.41, 5.74) is 7.62. The Morgan fingerprint density at radius 2 is 1.85 bits per heavy atom. The standard InChI is InChI=1S/C21H16N4O/c26-20-13-25-19(14-6-2-1-3-7-14)11-15(21(25)24-23-20)10-16-12-22-18-9-5-4-8-17(16)18/h1-12,22H,13H2,(H,23,26)/b15-10+. The zero-order valence-corrected chi connectivity index (χ0v) is 13.9. The predicted molar refractivity (Wildman–Crippen MR) is 101 cm³/mol. The van der Waals surface area contributed by atoms with Gasteiger partial charge in [0.25, 0.3) is 5.91 Å². The molecule has 0 spiro atoms. The second-order valence-electron chi connectivity index (χ2n) is 6.34. The van der Waals surface area contributed by atoms with Crippen LogP contribution >= 0.6 is 0 Å². The van der Waals surface area contributed by atoms with E-state index in [-0.39, 0.29) is 12.5 Å². The lowest BCUT2D eigenvalue weighted by molar-refractivity contribution is -0.122. The van der Waals surface area contributed by atoms with Gasteiger partial charge in [-0.25, -0.2) is 5.43 Å². The van der Waals surface area contributed by atoms with Gasteiger partial charge in [-0.05, 0) is 23.8 Å². The molecule has 0 atom stereocenters. The van der Waals surface area contributed by atoms with Crippen molar-refractivity contribution in [3.05, 3.63) is 83.1 Å². The Balaban J connectivity index is 1.78. The first-order valence-electron chi connectivity index (χ1n) is 8.49. The summed E-state index contributed by atoms with van der Waals surface area (Å²) in [6, 6.07) is 20.4. The summed E-state index contributed by atoms with van der Waals surface area (Å²) in [4.78, 5) is 15.2. The molecule has 0 aliphatic carbocycles. The quantitative estimate of drug-likeness (QED) is 0.577. The van der Waals surface area contributed by atoms with Crippen LogP contribution in [0.5, 0.6) is 0 Å². The number of H-pyrrole nitrogens is 1. The fraction of sp³-hybridized carbons (Fsp3) is 0.0476. The number of nitrogens with one attached hydrogen (secondary N) is 2. The molecule has 5 heteroatoms. The van der Waals surface area contributed by atoms with Crippen molar-refractivity contribution in [1.29, 1.82) is 0 Å². The summed E-state index contributed by atoms with van der Waals surface area (Å²) in [5, 5.41) is 6.44. The summed E-state index contributed by atoms with van der Waals surface area (Å²) in [7, 11) is 0. The van der Waals surface area contributed by atoms with Gasteiger partial charge in [0.05, 0.1) is 5.69 Å². The summed E-state index contributed by atoms with van der Waals surface area (Å²) >= 11 is 0. The number of fused-ring (bicyclic) bond motifs is 2. The molecule has 126 valence electrons. The van der Waals surface area contributed by atoms with Crippen molar-refractivity contribution < 1.29 is 4.79 Å². The Morgan fingerprint density at radius 1 is 1.04 bits per heavy atom. The minimum Gasteiger partial charge on any atom is -0.361 e. The molecule has 1 aliphatic rings. The summed E-state index contributed by atoms with van der Waals surface area (Å²) < 4.78 is 1.97. The molecule has 26 heavy (non-hydrogen) atoms. The number of nitrogens with zero attached hydrogens (tertiary/aromatic N) is 2. The first-order valence-corrected chi connectivity index (χ1v) is 8.49. The lowest BCUT2D eigenvalue weighted by Crippen LogP contribution is -2.42. The van der Waals surface area contributed by atoms with Crippen molar-refractivity contribution in [2.24, 2.45) is 5.10 Å². The summed E-state index contributed by atoms with van der Waals surface area (Å²) in [5.74, 6) is -0.107. The first kappa shape index (κ1) is 14.7. The number of carbonyl (C=O) groups is 1. The number of amides is 1. The number of aromatic amines is 1. The van der Waals surface area contributed by atoms with Gasteiger partial charge < -0.3 is 9.55 Å². The highest BCUT2D eigenvalue weighted by molar-refractivity contribution is 5.88. The van der Waals surface area contributed by atoms with Crippen LogP contribution in [-0.4, -0.2) is 15.5 Å². The average molecular weight is 340 g/mol. The Morgan fingerprint density at radius 3 is 2.73 bits per heavy atom. The SMILES string of the molecule is O=C1Cn2c(-c3ccccc3)c/c(=C\c3c[nH]c4ccccc34)c2=NN1. The normalized spacial score (nSPS) is 14.2. The van der Waals surface area contributed by atoms with Crippen LogP contribution in [0.25, 0.3) is 28.2 Å². The summed E-state index contributed by atoms with van der Waals surface area (Å²) in [6.07, 6.45) is 4.11. The molecule has 5 nitrogen and oxygen atoms in total. The zero-order valence-electron chi connectivity index (χ0n) is 13.9. The fourth-order valence-electron chi connectivity index (χ4n) is 3.47. The third-order valence-corrected chi connectivity index (χ3v) is 4.69. The lowest BCUT2D eigenvalue weighted by Gasteiger charge is -2.12. The van der Waals surface area contributed by atoms with E-state index in [4.69, 9.17) is 0 Å². The van der Waals surface area contributed by atoms with E-state index in [9.17, 15) is 4.79 Å². The summed E-state index contributed by atoms with van der Waals surface area (Å²) in [6.45, 7) is 0.269. The zero-order chi connectivity index (χ0) is 17.5. The van der Waals surface area contributed by atoms with E-state index in [2.05, 4.69) is 39.8 Å². The monoisotopic (exact) mass is 340 g/mol. The van der Waals surface area contributed by atoms with Crippen LogP contribution in [0.2, 0.25) is 0 Å². The Hall–Kier alpha value is -3.60. The predicted octanol–water partition coefficient (Wildman–Crippen LogP) is 2.13. The Labute approximate surface area is 149 Å². The number of para-hydroxylation sites is 1. The Bertz CT molecular complexity index is 1250. The molecule has 5 rings (SSSR count). The maximum atomic E-state index is 11.9. The third-order valence-electron chi connectivity index (χ3n) is 4.69. The van der Waals surface area contributed by atoms with Crippen molar-refractivity contribution in [1.82, 2.24) is 15.0 Å². The van der Waals surface area contributed by atoms with Gasteiger partial charge in [0.1, 0.15) is 6.54 Å². The third kappa shape index (κ3) is 2.33. The van der Waals surface area contributed by atoms with E-state index in [0.717, 1.165) is 38.4 Å². The molecule has 0 saturated carbocycles. The van der Waals surface area contributed by atoms with Crippen LogP contribution in [0.3, 0.4) is 0 Å². The van der Waals surface area contributed by atoms with Gasteiger partial charge in [-0.15, -0.1) is 0 Å². The molecule has 1 amide bonds. The van der Waals surface area contributed by atoms with Crippen LogP contribution in [0.1, 0.15) is 5.56 Å². The number of hydrogen-bond donors (Lipinski definition) is 2. The molecule has 0 unspecified atom stereocenters. The molecule has 0 fully saturated rings.